The van der Waals surface area contributed by atoms with Crippen LogP contribution in [-0.4, -0.2) is 15.7 Å². The van der Waals surface area contributed by atoms with Crippen molar-refractivity contribution in [3.63, 3.8) is 0 Å². The van der Waals surface area contributed by atoms with E-state index in [1.54, 1.807) is 11.3 Å². The maximum Gasteiger partial charge on any atom is 0.168 e. The van der Waals surface area contributed by atoms with E-state index in [-0.39, 0.29) is 0 Å². The van der Waals surface area contributed by atoms with Gasteiger partial charge in [-0.2, -0.15) is 0 Å². The summed E-state index contributed by atoms with van der Waals surface area (Å²) in [6.07, 6.45) is 2.65. The van der Waals surface area contributed by atoms with Crippen molar-refractivity contribution in [3.8, 4) is 0 Å². The maximum atomic E-state index is 10.8. The molecule has 2 aromatic heterocycles. The molecule has 0 aliphatic rings. The largest absolute Gasteiger partial charge is 0.296 e. The number of carbonyl (C=O) groups is 1. The normalized spacial score (nSPS) is 10.8. The molecule has 2 rings (SSSR count). The van der Waals surface area contributed by atoms with Crippen molar-refractivity contribution in [2.45, 2.75) is 13.8 Å². The Hall–Kier alpha value is -1.35. The Labute approximate surface area is 86.3 Å². The second-order valence-electron chi connectivity index (χ2n) is 3.26. The molecule has 0 bridgehead atoms. The molecule has 0 aliphatic carbocycles. The lowest BCUT2D eigenvalue weighted by atomic mass is 10.3. The van der Waals surface area contributed by atoms with Crippen LogP contribution in [0.15, 0.2) is 12.3 Å². The number of carbonyl (C=O) groups excluding carboxylic acids is 1. The quantitative estimate of drug-likeness (QED) is 0.675. The summed E-state index contributed by atoms with van der Waals surface area (Å²) in [5.41, 5.74) is 2.90. The molecule has 0 saturated carbocycles. The summed E-state index contributed by atoms with van der Waals surface area (Å²) in [5, 5.41) is 0.571. The van der Waals surface area contributed by atoms with E-state index < -0.39 is 0 Å². The fourth-order valence-electron chi connectivity index (χ4n) is 1.50. The minimum atomic E-state index is 0.561. The zero-order valence-corrected chi connectivity index (χ0v) is 8.67. The molecule has 0 aromatic carbocycles. The lowest BCUT2D eigenvalue weighted by Gasteiger charge is -1.99. The number of hydrogen-bond acceptors (Lipinski definition) is 2. The molecule has 0 N–H and O–H groups in total. The van der Waals surface area contributed by atoms with Gasteiger partial charge in [0.2, 0.25) is 0 Å². The molecule has 0 saturated heterocycles. The highest BCUT2D eigenvalue weighted by molar-refractivity contribution is 6.33. The van der Waals surface area contributed by atoms with E-state index in [1.165, 1.54) is 0 Å². The minimum absolute atomic E-state index is 0.561. The Kier molecular flexibility index (Phi) is 2.04. The van der Waals surface area contributed by atoms with Gasteiger partial charge in [0.1, 0.15) is 5.69 Å². The van der Waals surface area contributed by atoms with Crippen LogP contribution in [0.2, 0.25) is 5.02 Å². The highest BCUT2D eigenvalue weighted by Crippen LogP contribution is 2.20. The number of pyridine rings is 1. The third kappa shape index (κ3) is 1.21. The Morgan fingerprint density at radius 1 is 1.50 bits per heavy atom. The standard InChI is InChI=1S/C10H9ClN2O/c1-6-3-8(11)10-12-7(2)9(5-14)13(10)4-6/h3-5H,1-2H3. The van der Waals surface area contributed by atoms with E-state index in [9.17, 15) is 4.79 Å². The van der Waals surface area contributed by atoms with Crippen molar-refractivity contribution in [1.82, 2.24) is 9.38 Å². The topological polar surface area (TPSA) is 34.4 Å². The first-order valence-electron chi connectivity index (χ1n) is 4.23. The summed E-state index contributed by atoms with van der Waals surface area (Å²) < 4.78 is 1.72. The molecule has 0 amide bonds. The summed E-state index contributed by atoms with van der Waals surface area (Å²) in [6.45, 7) is 3.72. The number of aryl methyl sites for hydroxylation is 2. The first kappa shape index (κ1) is 9.21. The van der Waals surface area contributed by atoms with Gasteiger partial charge in [-0.05, 0) is 25.5 Å². The van der Waals surface area contributed by atoms with Crippen LogP contribution in [0.25, 0.3) is 5.65 Å². The van der Waals surface area contributed by atoms with Crippen LogP contribution in [-0.2, 0) is 0 Å². The van der Waals surface area contributed by atoms with Crippen molar-refractivity contribution in [2.24, 2.45) is 0 Å². The van der Waals surface area contributed by atoms with E-state index in [1.807, 2.05) is 19.2 Å². The molecule has 0 atom stereocenters. The molecule has 0 radical (unpaired) electrons. The van der Waals surface area contributed by atoms with Gasteiger partial charge in [0.05, 0.1) is 10.7 Å². The van der Waals surface area contributed by atoms with Gasteiger partial charge in [-0.3, -0.25) is 9.20 Å². The number of halogens is 1. The van der Waals surface area contributed by atoms with Crippen molar-refractivity contribution >= 4 is 23.5 Å². The van der Waals surface area contributed by atoms with Crippen molar-refractivity contribution in [3.05, 3.63) is 34.2 Å². The van der Waals surface area contributed by atoms with Crippen LogP contribution in [0.4, 0.5) is 0 Å². The molecule has 14 heavy (non-hydrogen) atoms. The Morgan fingerprint density at radius 2 is 2.21 bits per heavy atom. The lowest BCUT2D eigenvalue weighted by Crippen LogP contribution is -1.93. The summed E-state index contributed by atoms with van der Waals surface area (Å²) in [6, 6.07) is 1.83. The zero-order chi connectivity index (χ0) is 10.3. The zero-order valence-electron chi connectivity index (χ0n) is 7.91. The van der Waals surface area contributed by atoms with Gasteiger partial charge in [-0.25, -0.2) is 4.98 Å². The van der Waals surface area contributed by atoms with Gasteiger partial charge in [-0.1, -0.05) is 11.6 Å². The van der Waals surface area contributed by atoms with Crippen LogP contribution < -0.4 is 0 Å². The number of fused-ring (bicyclic) bond motifs is 1. The molecular formula is C10H9ClN2O. The summed E-state index contributed by atoms with van der Waals surface area (Å²) in [4.78, 5) is 15.0. The van der Waals surface area contributed by atoms with E-state index in [2.05, 4.69) is 4.98 Å². The van der Waals surface area contributed by atoms with Gasteiger partial charge in [0.25, 0.3) is 0 Å². The lowest BCUT2D eigenvalue weighted by molar-refractivity contribution is 0.111. The number of rotatable bonds is 1. The second kappa shape index (κ2) is 3.10. The van der Waals surface area contributed by atoms with Crippen molar-refractivity contribution in [2.75, 3.05) is 0 Å². The first-order chi connectivity index (χ1) is 6.63. The summed E-state index contributed by atoms with van der Waals surface area (Å²) in [5.74, 6) is 0. The highest BCUT2D eigenvalue weighted by Gasteiger charge is 2.10. The highest BCUT2D eigenvalue weighted by atomic mass is 35.5. The average molecular weight is 209 g/mol. The Bertz CT molecular complexity index is 516. The van der Waals surface area contributed by atoms with Crippen LogP contribution in [0.5, 0.6) is 0 Å². The molecule has 4 heteroatoms. The fraction of sp³-hybridized carbons (Fsp3) is 0.200. The van der Waals surface area contributed by atoms with Crippen molar-refractivity contribution < 1.29 is 4.79 Å². The number of hydrogen-bond donors (Lipinski definition) is 0. The molecule has 0 aliphatic heterocycles. The van der Waals surface area contributed by atoms with E-state index in [4.69, 9.17) is 11.6 Å². The van der Waals surface area contributed by atoms with Crippen LogP contribution in [0, 0.1) is 13.8 Å². The van der Waals surface area contributed by atoms with Gasteiger partial charge in [-0.15, -0.1) is 0 Å². The van der Waals surface area contributed by atoms with E-state index >= 15 is 0 Å². The van der Waals surface area contributed by atoms with E-state index in [0.29, 0.717) is 22.1 Å². The predicted molar refractivity (Wildman–Crippen MR) is 55.1 cm³/mol. The van der Waals surface area contributed by atoms with Gasteiger partial charge in [0.15, 0.2) is 11.9 Å². The first-order valence-corrected chi connectivity index (χ1v) is 4.61. The van der Waals surface area contributed by atoms with Gasteiger partial charge < -0.3 is 0 Å². The molecule has 72 valence electrons. The van der Waals surface area contributed by atoms with Crippen LogP contribution in [0.1, 0.15) is 21.7 Å². The van der Waals surface area contributed by atoms with Crippen LogP contribution in [0.3, 0.4) is 0 Å². The molecule has 3 nitrogen and oxygen atoms in total. The summed E-state index contributed by atoms with van der Waals surface area (Å²) in [7, 11) is 0. The number of aldehydes is 1. The molecule has 2 heterocycles. The number of aromatic nitrogens is 2. The fourth-order valence-corrected chi connectivity index (χ4v) is 1.81. The van der Waals surface area contributed by atoms with Crippen molar-refractivity contribution in [1.29, 1.82) is 0 Å². The smallest absolute Gasteiger partial charge is 0.168 e. The monoisotopic (exact) mass is 208 g/mol. The molecule has 0 spiro atoms. The second-order valence-corrected chi connectivity index (χ2v) is 3.67. The average Bonchev–Trinajstić information content (AvgIpc) is 2.41. The Morgan fingerprint density at radius 3 is 2.86 bits per heavy atom. The van der Waals surface area contributed by atoms with Gasteiger partial charge in [0, 0.05) is 6.20 Å². The SMILES string of the molecule is Cc1cc(Cl)c2nc(C)c(C=O)n2c1. The Balaban J connectivity index is 2.94. The number of nitrogens with zero attached hydrogens (tertiary/aromatic N) is 2. The molecular weight excluding hydrogens is 200 g/mol. The molecule has 0 unspecified atom stereocenters. The molecule has 2 aromatic rings. The molecule has 0 fully saturated rings. The predicted octanol–water partition coefficient (Wildman–Crippen LogP) is 2.42. The third-order valence-electron chi connectivity index (χ3n) is 2.14. The van der Waals surface area contributed by atoms with E-state index in [0.717, 1.165) is 11.8 Å². The van der Waals surface area contributed by atoms with Gasteiger partial charge >= 0.3 is 0 Å². The summed E-state index contributed by atoms with van der Waals surface area (Å²) >= 11 is 6.01. The third-order valence-corrected chi connectivity index (χ3v) is 2.42. The minimum Gasteiger partial charge on any atom is -0.296 e. The number of imidazole rings is 1. The van der Waals surface area contributed by atoms with Crippen LogP contribution >= 0.6 is 11.6 Å². The maximum absolute atomic E-state index is 10.8.